The minimum Gasteiger partial charge on any atom is -0.545 e. The van der Waals surface area contributed by atoms with Gasteiger partial charge in [0.25, 0.3) is 5.91 Å². The van der Waals surface area contributed by atoms with Crippen molar-refractivity contribution in [3.63, 3.8) is 0 Å². The van der Waals surface area contributed by atoms with Gasteiger partial charge in [0.2, 0.25) is 0 Å². The topological polar surface area (TPSA) is 90.5 Å². The van der Waals surface area contributed by atoms with Crippen molar-refractivity contribution in [3.8, 4) is 5.75 Å². The first-order chi connectivity index (χ1) is 11.4. The van der Waals surface area contributed by atoms with Crippen molar-refractivity contribution in [2.24, 2.45) is 0 Å². The Kier molecular flexibility index (Phi) is 5.73. The molecule has 2 aromatic rings. The minimum absolute atomic E-state index is 0.00396. The lowest BCUT2D eigenvalue weighted by atomic mass is 10.2. The van der Waals surface area contributed by atoms with Gasteiger partial charge in [0, 0.05) is 16.8 Å². The molecule has 0 fully saturated rings. The molecule has 6 nitrogen and oxygen atoms in total. The fourth-order valence-corrected chi connectivity index (χ4v) is 2.31. The molecular weight excluding hydrogens is 352 g/mol. The summed E-state index contributed by atoms with van der Waals surface area (Å²) in [5.41, 5.74) is 0.714. The highest BCUT2D eigenvalue weighted by Gasteiger charge is 2.09. The lowest BCUT2D eigenvalue weighted by Gasteiger charge is -2.12. The van der Waals surface area contributed by atoms with Crippen molar-refractivity contribution in [3.05, 3.63) is 58.6 Å². The number of nitrogens with one attached hydrogen (secondary N) is 2. The van der Waals surface area contributed by atoms with Crippen LogP contribution in [0.3, 0.4) is 0 Å². The van der Waals surface area contributed by atoms with E-state index in [1.54, 1.807) is 24.3 Å². The van der Waals surface area contributed by atoms with Crippen LogP contribution in [0.25, 0.3) is 0 Å². The summed E-state index contributed by atoms with van der Waals surface area (Å²) < 4.78 is 5.02. The largest absolute Gasteiger partial charge is 0.545 e. The monoisotopic (exact) mass is 363 g/mol. The van der Waals surface area contributed by atoms with Crippen LogP contribution < -0.4 is 20.5 Å². The molecule has 0 unspecified atom stereocenters. The molecule has 0 saturated heterocycles. The number of ether oxygens (including phenoxy) is 1. The van der Waals surface area contributed by atoms with E-state index in [0.29, 0.717) is 17.0 Å². The van der Waals surface area contributed by atoms with E-state index < -0.39 is 11.9 Å². The third kappa shape index (κ3) is 4.43. The molecule has 0 aliphatic heterocycles. The van der Waals surface area contributed by atoms with Crippen LogP contribution in [0.5, 0.6) is 5.75 Å². The third-order valence-corrected chi connectivity index (χ3v) is 3.54. The number of rotatable bonds is 4. The van der Waals surface area contributed by atoms with E-state index in [1.807, 2.05) is 0 Å². The van der Waals surface area contributed by atoms with Crippen LogP contribution in [-0.4, -0.2) is 24.1 Å². The van der Waals surface area contributed by atoms with E-state index in [-0.39, 0.29) is 15.7 Å². The van der Waals surface area contributed by atoms with Crippen molar-refractivity contribution in [2.45, 2.75) is 0 Å². The number of carbonyl (C=O) groups is 2. The zero-order chi connectivity index (χ0) is 17.7. The van der Waals surface area contributed by atoms with Gasteiger partial charge in [-0.1, -0.05) is 11.6 Å². The molecule has 0 spiro atoms. The van der Waals surface area contributed by atoms with E-state index in [9.17, 15) is 14.7 Å². The summed E-state index contributed by atoms with van der Waals surface area (Å²) in [6.07, 6.45) is 0. The average Bonchev–Trinajstić information content (AvgIpc) is 2.54. The maximum Gasteiger partial charge on any atom is 0.257 e. The molecule has 0 atom stereocenters. The Bertz CT molecular complexity index is 793. The number of thiocarbonyl (C=S) groups is 1. The van der Waals surface area contributed by atoms with E-state index in [0.717, 1.165) is 0 Å². The predicted molar refractivity (Wildman–Crippen MR) is 92.5 cm³/mol. The number of hydrogen-bond acceptors (Lipinski definition) is 5. The molecule has 0 aliphatic rings. The van der Waals surface area contributed by atoms with Gasteiger partial charge in [-0.05, 0) is 54.7 Å². The summed E-state index contributed by atoms with van der Waals surface area (Å²) in [6.45, 7) is 0. The fourth-order valence-electron chi connectivity index (χ4n) is 1.84. The summed E-state index contributed by atoms with van der Waals surface area (Å²) in [4.78, 5) is 22.9. The Morgan fingerprint density at radius 3 is 2.38 bits per heavy atom. The molecule has 1 amide bonds. The number of carboxylic acid groups (broad SMARTS) is 1. The van der Waals surface area contributed by atoms with Gasteiger partial charge in [-0.15, -0.1) is 0 Å². The highest BCUT2D eigenvalue weighted by atomic mass is 35.5. The molecule has 124 valence electrons. The number of carboxylic acids is 1. The van der Waals surface area contributed by atoms with E-state index >= 15 is 0 Å². The first-order valence-electron chi connectivity index (χ1n) is 6.68. The van der Waals surface area contributed by atoms with Crippen molar-refractivity contribution in [1.82, 2.24) is 5.32 Å². The van der Waals surface area contributed by atoms with Crippen molar-refractivity contribution in [1.29, 1.82) is 0 Å². The maximum absolute atomic E-state index is 12.1. The molecular formula is C16H12ClN2O4S-. The van der Waals surface area contributed by atoms with E-state index in [1.165, 1.54) is 25.3 Å². The van der Waals surface area contributed by atoms with Crippen LogP contribution in [0.1, 0.15) is 20.7 Å². The Balaban J connectivity index is 2.00. The van der Waals surface area contributed by atoms with Crippen LogP contribution >= 0.6 is 23.8 Å². The van der Waals surface area contributed by atoms with Gasteiger partial charge in [-0.2, -0.15) is 0 Å². The van der Waals surface area contributed by atoms with Crippen LogP contribution in [-0.2, 0) is 0 Å². The molecule has 0 saturated carbocycles. The van der Waals surface area contributed by atoms with Gasteiger partial charge in [0.15, 0.2) is 5.11 Å². The first-order valence-corrected chi connectivity index (χ1v) is 7.46. The molecule has 0 aromatic heterocycles. The molecule has 0 bridgehead atoms. The van der Waals surface area contributed by atoms with Gasteiger partial charge in [0.1, 0.15) is 5.75 Å². The number of halogens is 1. The van der Waals surface area contributed by atoms with Gasteiger partial charge < -0.3 is 20.0 Å². The third-order valence-electron chi connectivity index (χ3n) is 3.03. The molecule has 0 radical (unpaired) electrons. The van der Waals surface area contributed by atoms with Crippen molar-refractivity contribution >= 4 is 46.5 Å². The van der Waals surface area contributed by atoms with E-state index in [4.69, 9.17) is 28.6 Å². The Hall–Kier alpha value is -2.64. The molecule has 8 heteroatoms. The minimum atomic E-state index is -1.37. The summed E-state index contributed by atoms with van der Waals surface area (Å²) in [7, 11) is 1.53. The van der Waals surface area contributed by atoms with E-state index in [2.05, 4.69) is 10.6 Å². The Morgan fingerprint density at radius 2 is 1.83 bits per heavy atom. The number of anilines is 1. The van der Waals surface area contributed by atoms with Crippen LogP contribution in [0, 0.1) is 0 Å². The highest BCUT2D eigenvalue weighted by Crippen LogP contribution is 2.20. The predicted octanol–water partition coefficient (Wildman–Crippen LogP) is 1.84. The lowest BCUT2D eigenvalue weighted by Crippen LogP contribution is -2.34. The second-order valence-corrected chi connectivity index (χ2v) is 5.43. The summed E-state index contributed by atoms with van der Waals surface area (Å²) in [5, 5.41) is 16.1. The normalized spacial score (nSPS) is 9.92. The summed E-state index contributed by atoms with van der Waals surface area (Å²) in [6, 6.07) is 10.6. The number of hydrogen-bond donors (Lipinski definition) is 2. The fraction of sp³-hybridized carbons (Fsp3) is 0.0625. The SMILES string of the molecule is COc1ccc(C(=O)NC(=S)Nc2ccc(C(=O)[O-])c(Cl)c2)cc1. The zero-order valence-electron chi connectivity index (χ0n) is 12.5. The van der Waals surface area contributed by atoms with Crippen LogP contribution in [0.2, 0.25) is 5.02 Å². The van der Waals surface area contributed by atoms with Crippen LogP contribution in [0.15, 0.2) is 42.5 Å². The molecule has 24 heavy (non-hydrogen) atoms. The van der Waals surface area contributed by atoms with Crippen molar-refractivity contribution in [2.75, 3.05) is 12.4 Å². The second-order valence-electron chi connectivity index (χ2n) is 4.62. The quantitative estimate of drug-likeness (QED) is 0.805. The average molecular weight is 364 g/mol. The summed E-state index contributed by atoms with van der Waals surface area (Å²) in [5.74, 6) is -1.13. The number of amides is 1. The van der Waals surface area contributed by atoms with Gasteiger partial charge in [0.05, 0.1) is 18.1 Å². The zero-order valence-corrected chi connectivity index (χ0v) is 14.0. The highest BCUT2D eigenvalue weighted by molar-refractivity contribution is 7.80. The molecule has 0 heterocycles. The summed E-state index contributed by atoms with van der Waals surface area (Å²) >= 11 is 10.9. The van der Waals surface area contributed by atoms with Gasteiger partial charge >= 0.3 is 0 Å². The number of methoxy groups -OCH3 is 1. The molecule has 2 rings (SSSR count). The van der Waals surface area contributed by atoms with Crippen molar-refractivity contribution < 1.29 is 19.4 Å². The molecule has 0 aliphatic carbocycles. The molecule has 2 N–H and O–H groups in total. The van der Waals surface area contributed by atoms with Crippen LogP contribution in [0.4, 0.5) is 5.69 Å². The lowest BCUT2D eigenvalue weighted by molar-refractivity contribution is -0.255. The van der Waals surface area contributed by atoms with Gasteiger partial charge in [-0.25, -0.2) is 0 Å². The number of benzene rings is 2. The molecule has 2 aromatic carbocycles. The first kappa shape index (κ1) is 17.7. The maximum atomic E-state index is 12.1. The number of carbonyl (C=O) groups excluding carboxylic acids is 2. The number of aromatic carboxylic acids is 1. The second kappa shape index (κ2) is 7.76. The Morgan fingerprint density at radius 1 is 1.17 bits per heavy atom. The van der Waals surface area contributed by atoms with Gasteiger partial charge in [-0.3, -0.25) is 10.1 Å². The standard InChI is InChI=1S/C16H13ClN2O4S/c1-23-11-5-2-9(3-6-11)14(20)19-16(24)18-10-4-7-12(15(21)22)13(17)8-10/h2-8H,1H3,(H,21,22)(H2,18,19,20,24)/p-1. The Labute approximate surface area is 148 Å². The smallest absolute Gasteiger partial charge is 0.257 e.